The molecule has 1 amide bonds. The standard InChI is InChI=1S/C14H19N7O4/c22-11(15-4-7-25-21(23)24)8-20-10-18-12-13(16-9-17-14(12)20)19-5-2-1-3-6-19/h9-10H,1-8H2,(H,15,22). The first kappa shape index (κ1) is 16.9. The van der Waals surface area contributed by atoms with Crippen LogP contribution >= 0.6 is 0 Å². The number of anilines is 1. The van der Waals surface area contributed by atoms with Gasteiger partial charge >= 0.3 is 0 Å². The van der Waals surface area contributed by atoms with E-state index in [9.17, 15) is 14.9 Å². The SMILES string of the molecule is O=C(Cn1cnc2c(N3CCCCC3)ncnc21)NCCO[N+](=O)[O-]. The Morgan fingerprint density at radius 3 is 2.84 bits per heavy atom. The number of amides is 1. The highest BCUT2D eigenvalue weighted by Crippen LogP contribution is 2.24. The maximum Gasteiger partial charge on any atom is 0.294 e. The summed E-state index contributed by atoms with van der Waals surface area (Å²) in [6, 6.07) is 0. The number of nitrogens with zero attached hydrogens (tertiary/aromatic N) is 6. The maximum absolute atomic E-state index is 11.9. The summed E-state index contributed by atoms with van der Waals surface area (Å²) in [6.07, 6.45) is 6.51. The number of fused-ring (bicyclic) bond motifs is 1. The fourth-order valence-corrected chi connectivity index (χ4v) is 2.84. The van der Waals surface area contributed by atoms with Crippen LogP contribution in [0.3, 0.4) is 0 Å². The molecule has 0 saturated carbocycles. The molecule has 1 aliphatic heterocycles. The van der Waals surface area contributed by atoms with E-state index in [1.54, 1.807) is 10.9 Å². The van der Waals surface area contributed by atoms with Crippen molar-refractivity contribution in [3.63, 3.8) is 0 Å². The van der Waals surface area contributed by atoms with Crippen LogP contribution in [-0.4, -0.2) is 56.8 Å². The molecule has 2 aromatic rings. The Bertz CT molecular complexity index is 757. The predicted molar refractivity (Wildman–Crippen MR) is 87.3 cm³/mol. The van der Waals surface area contributed by atoms with E-state index >= 15 is 0 Å². The van der Waals surface area contributed by atoms with Gasteiger partial charge in [0, 0.05) is 19.6 Å². The summed E-state index contributed by atoms with van der Waals surface area (Å²) in [5, 5.41) is 11.7. The minimum absolute atomic E-state index is 0.0193. The number of aromatic nitrogens is 4. The van der Waals surface area contributed by atoms with E-state index in [0.29, 0.717) is 11.2 Å². The number of imidazole rings is 1. The van der Waals surface area contributed by atoms with Crippen molar-refractivity contribution in [3.8, 4) is 0 Å². The van der Waals surface area contributed by atoms with E-state index in [1.165, 1.54) is 12.7 Å². The van der Waals surface area contributed by atoms with Gasteiger partial charge in [-0.25, -0.2) is 15.0 Å². The summed E-state index contributed by atoms with van der Waals surface area (Å²) >= 11 is 0. The van der Waals surface area contributed by atoms with Gasteiger partial charge in [-0.15, -0.1) is 10.1 Å². The molecule has 25 heavy (non-hydrogen) atoms. The zero-order valence-electron chi connectivity index (χ0n) is 13.6. The number of rotatable bonds is 7. The largest absolute Gasteiger partial charge is 0.355 e. The molecule has 2 aromatic heterocycles. The lowest BCUT2D eigenvalue weighted by molar-refractivity contribution is -0.757. The highest BCUT2D eigenvalue weighted by Gasteiger charge is 2.18. The normalized spacial score (nSPS) is 14.5. The van der Waals surface area contributed by atoms with Gasteiger partial charge in [0.15, 0.2) is 17.0 Å². The van der Waals surface area contributed by atoms with Gasteiger partial charge in [0.05, 0.1) is 6.33 Å². The molecule has 0 aromatic carbocycles. The first-order valence-electron chi connectivity index (χ1n) is 8.10. The molecular formula is C14H19N7O4. The Hall–Kier alpha value is -2.98. The average molecular weight is 349 g/mol. The molecule has 1 N–H and O–H groups in total. The lowest BCUT2D eigenvalue weighted by atomic mass is 10.1. The van der Waals surface area contributed by atoms with Crippen molar-refractivity contribution in [1.29, 1.82) is 0 Å². The summed E-state index contributed by atoms with van der Waals surface area (Å²) < 4.78 is 1.63. The molecule has 1 saturated heterocycles. The fourth-order valence-electron chi connectivity index (χ4n) is 2.84. The van der Waals surface area contributed by atoms with Gasteiger partial charge in [0.25, 0.3) is 5.09 Å². The highest BCUT2D eigenvalue weighted by atomic mass is 16.9. The quantitative estimate of drug-likeness (QED) is 0.425. The van der Waals surface area contributed by atoms with Crippen molar-refractivity contribution in [1.82, 2.24) is 24.8 Å². The fraction of sp³-hybridized carbons (Fsp3) is 0.571. The average Bonchev–Trinajstić information content (AvgIpc) is 3.02. The molecule has 0 atom stereocenters. The second-order valence-corrected chi connectivity index (χ2v) is 5.70. The highest BCUT2D eigenvalue weighted by molar-refractivity contribution is 5.85. The zero-order valence-corrected chi connectivity index (χ0v) is 13.6. The zero-order chi connectivity index (χ0) is 17.6. The van der Waals surface area contributed by atoms with Crippen LogP contribution in [0.1, 0.15) is 19.3 Å². The van der Waals surface area contributed by atoms with Crippen LogP contribution in [0.2, 0.25) is 0 Å². The van der Waals surface area contributed by atoms with Gasteiger partial charge in [-0.2, -0.15) is 0 Å². The predicted octanol–water partition coefficient (Wildman–Crippen LogP) is 0.141. The lowest BCUT2D eigenvalue weighted by Gasteiger charge is -2.27. The lowest BCUT2D eigenvalue weighted by Crippen LogP contribution is -2.31. The summed E-state index contributed by atoms with van der Waals surface area (Å²) in [4.78, 5) is 41.3. The monoisotopic (exact) mass is 349 g/mol. The van der Waals surface area contributed by atoms with Crippen LogP contribution in [0, 0.1) is 10.1 Å². The minimum atomic E-state index is -0.894. The molecule has 11 nitrogen and oxygen atoms in total. The second kappa shape index (κ2) is 7.73. The van der Waals surface area contributed by atoms with E-state index in [0.717, 1.165) is 31.7 Å². The van der Waals surface area contributed by atoms with Crippen molar-refractivity contribution >= 4 is 22.9 Å². The van der Waals surface area contributed by atoms with Crippen LogP contribution in [0.5, 0.6) is 0 Å². The van der Waals surface area contributed by atoms with Crippen LogP contribution in [0.15, 0.2) is 12.7 Å². The smallest absolute Gasteiger partial charge is 0.294 e. The first-order chi connectivity index (χ1) is 12.1. The molecule has 1 aliphatic rings. The van der Waals surface area contributed by atoms with E-state index in [1.807, 2.05) is 0 Å². The molecule has 0 unspecified atom stereocenters. The van der Waals surface area contributed by atoms with Gasteiger partial charge in [-0.05, 0) is 19.3 Å². The Labute approximate surface area is 143 Å². The van der Waals surface area contributed by atoms with Crippen LogP contribution in [0.4, 0.5) is 5.82 Å². The van der Waals surface area contributed by atoms with Gasteiger partial charge in [0.2, 0.25) is 5.91 Å². The molecule has 1 fully saturated rings. The molecule has 0 bridgehead atoms. The Morgan fingerprint density at radius 1 is 1.28 bits per heavy atom. The van der Waals surface area contributed by atoms with Crippen LogP contribution in [-0.2, 0) is 16.2 Å². The van der Waals surface area contributed by atoms with Crippen molar-refractivity contribution < 1.29 is 14.7 Å². The number of carbonyl (C=O) groups is 1. The molecule has 3 rings (SSSR count). The maximum atomic E-state index is 11.9. The molecule has 134 valence electrons. The van der Waals surface area contributed by atoms with Gasteiger partial charge in [-0.3, -0.25) is 4.79 Å². The molecule has 0 radical (unpaired) electrons. The van der Waals surface area contributed by atoms with Gasteiger partial charge in [0.1, 0.15) is 19.5 Å². The molecular weight excluding hydrogens is 330 g/mol. The van der Waals surface area contributed by atoms with E-state index < -0.39 is 5.09 Å². The number of hydrogen-bond donors (Lipinski definition) is 1. The van der Waals surface area contributed by atoms with Crippen LogP contribution < -0.4 is 10.2 Å². The Kier molecular flexibility index (Phi) is 5.21. The van der Waals surface area contributed by atoms with E-state index in [2.05, 4.69) is 30.0 Å². The summed E-state index contributed by atoms with van der Waals surface area (Å²) in [6.45, 7) is 1.77. The van der Waals surface area contributed by atoms with E-state index in [4.69, 9.17) is 0 Å². The molecule has 0 spiro atoms. The van der Waals surface area contributed by atoms with Gasteiger partial charge in [-0.1, -0.05) is 0 Å². The van der Waals surface area contributed by atoms with Crippen LogP contribution in [0.25, 0.3) is 11.2 Å². The summed E-state index contributed by atoms with van der Waals surface area (Å²) in [5.74, 6) is 0.493. The second-order valence-electron chi connectivity index (χ2n) is 5.70. The third kappa shape index (κ3) is 4.11. The third-order valence-corrected chi connectivity index (χ3v) is 3.97. The Morgan fingerprint density at radius 2 is 2.08 bits per heavy atom. The van der Waals surface area contributed by atoms with Crippen molar-refractivity contribution in [2.45, 2.75) is 25.8 Å². The van der Waals surface area contributed by atoms with E-state index in [-0.39, 0.29) is 25.6 Å². The third-order valence-electron chi connectivity index (χ3n) is 3.97. The van der Waals surface area contributed by atoms with Crippen molar-refractivity contribution in [2.75, 3.05) is 31.1 Å². The Balaban J connectivity index is 1.66. The number of carbonyl (C=O) groups excluding carboxylic acids is 1. The number of hydrogen-bond acceptors (Lipinski definition) is 8. The summed E-state index contributed by atoms with van der Waals surface area (Å²) in [5.41, 5.74) is 1.26. The molecule has 11 heteroatoms. The number of nitrogens with one attached hydrogen (secondary N) is 1. The topological polar surface area (TPSA) is 128 Å². The molecule has 0 aliphatic carbocycles. The van der Waals surface area contributed by atoms with Crippen molar-refractivity contribution in [3.05, 3.63) is 22.8 Å². The summed E-state index contributed by atoms with van der Waals surface area (Å²) in [7, 11) is 0. The molecule has 3 heterocycles. The first-order valence-corrected chi connectivity index (χ1v) is 8.10. The van der Waals surface area contributed by atoms with Crippen molar-refractivity contribution in [2.24, 2.45) is 0 Å². The van der Waals surface area contributed by atoms with Gasteiger partial charge < -0.3 is 19.6 Å². The minimum Gasteiger partial charge on any atom is -0.355 e. The number of piperidine rings is 1.